The Labute approximate surface area is 270 Å². The Bertz CT molecular complexity index is 1850. The van der Waals surface area contributed by atoms with Crippen molar-refractivity contribution in [2.45, 2.75) is 61.1 Å². The van der Waals surface area contributed by atoms with Crippen molar-refractivity contribution in [2.24, 2.45) is 0 Å². The van der Waals surface area contributed by atoms with E-state index in [1.807, 2.05) is 45.0 Å². The number of sulfone groups is 2. The molecule has 200 valence electrons. The van der Waals surface area contributed by atoms with Crippen LogP contribution >= 0.6 is 0 Å². The van der Waals surface area contributed by atoms with E-state index in [0.29, 0.717) is 21.8 Å². The molecule has 2 heterocycles. The Hall–Kier alpha value is -1.99. The zero-order valence-electron chi connectivity index (χ0n) is 22.4. The second-order valence-electron chi connectivity index (χ2n) is 9.65. The van der Waals surface area contributed by atoms with Crippen molar-refractivity contribution in [3.05, 3.63) is 117 Å². The summed E-state index contributed by atoms with van der Waals surface area (Å²) in [7, 11) is -6.95. The third kappa shape index (κ3) is 5.70. The van der Waals surface area contributed by atoms with Crippen LogP contribution in [0.3, 0.4) is 0 Å². The summed E-state index contributed by atoms with van der Waals surface area (Å²) in [4.78, 5) is 13.7. The van der Waals surface area contributed by atoms with E-state index in [2.05, 4.69) is 0 Å². The molecule has 0 bridgehead atoms. The van der Waals surface area contributed by atoms with E-state index in [-0.39, 0.29) is 81.3 Å². The average molecular weight is 813 g/mol. The second kappa shape index (κ2) is 12.5. The first kappa shape index (κ1) is 34.2. The van der Waals surface area contributed by atoms with Crippen LogP contribution in [0.4, 0.5) is 0 Å². The number of aryl methyl sites for hydroxylation is 4. The summed E-state index contributed by atoms with van der Waals surface area (Å²) in [6, 6.07) is 21.0. The van der Waals surface area contributed by atoms with Crippen LogP contribution in [-0.4, -0.2) is 22.6 Å². The van der Waals surface area contributed by atoms with Gasteiger partial charge in [-0.3, -0.25) is 4.79 Å². The molecule has 0 N–H and O–H groups in total. The minimum Gasteiger partial charge on any atom is -0.289 e. The predicted octanol–water partition coefficient (Wildman–Crippen LogP) is 6.35. The zero-order chi connectivity index (χ0) is 26.7. The molecule has 2 aliphatic rings. The van der Waals surface area contributed by atoms with Crippen molar-refractivity contribution >= 4 is 25.5 Å². The largest absolute Gasteiger partial charge is 0.289 e. The molecule has 40 heavy (non-hydrogen) atoms. The molecule has 0 fully saturated rings. The number of rotatable bonds is 0. The Morgan fingerprint density at radius 1 is 0.600 bits per heavy atom. The van der Waals surface area contributed by atoms with Gasteiger partial charge in [0.2, 0.25) is 19.7 Å². The van der Waals surface area contributed by atoms with Gasteiger partial charge in [-0.1, -0.05) is 67.1 Å². The van der Waals surface area contributed by atoms with Crippen LogP contribution < -0.4 is 0 Å². The first-order valence-electron chi connectivity index (χ1n) is 11.9. The van der Waals surface area contributed by atoms with E-state index in [1.54, 1.807) is 49.4 Å². The molecule has 6 rings (SSSR count). The van der Waals surface area contributed by atoms with E-state index in [1.165, 1.54) is 6.07 Å². The SMILES string of the molecule is C.Cc1cc(C)c2c(c1)C(=O)c1ccccc1S2(=O)=O.Cc1cc(C)c2c(c1)Cc1ccccc1S2(=O)=O.[Hg].[Zn]. The molecule has 0 spiro atoms. The Kier molecular flexibility index (Phi) is 10.7. The molecule has 4 aromatic rings. The maximum Gasteiger partial charge on any atom is 0.208 e. The molecule has 0 radical (unpaired) electrons. The summed E-state index contributed by atoms with van der Waals surface area (Å²) in [5.41, 5.74) is 5.84. The second-order valence-corrected chi connectivity index (χ2v) is 13.4. The summed E-state index contributed by atoms with van der Waals surface area (Å²) in [6.45, 7) is 7.45. The van der Waals surface area contributed by atoms with E-state index in [4.69, 9.17) is 0 Å². The summed E-state index contributed by atoms with van der Waals surface area (Å²) < 4.78 is 50.5. The molecule has 0 aromatic heterocycles. The fraction of sp³-hybridized carbons (Fsp3) is 0.194. The molecule has 2 aliphatic heterocycles. The van der Waals surface area contributed by atoms with E-state index in [0.717, 1.165) is 27.8 Å². The summed E-state index contributed by atoms with van der Waals surface area (Å²) in [6.07, 6.45) is 0.702. The summed E-state index contributed by atoms with van der Waals surface area (Å²) in [5.74, 6) is -0.216. The minimum atomic E-state index is -3.60. The van der Waals surface area contributed by atoms with Gasteiger partial charge in [0.25, 0.3) is 0 Å². The summed E-state index contributed by atoms with van der Waals surface area (Å²) in [5, 5.41) is 0. The average Bonchev–Trinajstić information content (AvgIpc) is 2.82. The van der Waals surface area contributed by atoms with Gasteiger partial charge in [0.1, 0.15) is 0 Å². The van der Waals surface area contributed by atoms with Crippen LogP contribution in [-0.2, 0) is 73.2 Å². The van der Waals surface area contributed by atoms with E-state index >= 15 is 0 Å². The molecule has 9 heteroatoms. The number of hydrogen-bond acceptors (Lipinski definition) is 5. The molecule has 0 unspecified atom stereocenters. The van der Waals surface area contributed by atoms with Gasteiger partial charge in [-0.25, -0.2) is 16.8 Å². The van der Waals surface area contributed by atoms with Crippen LogP contribution in [0.1, 0.15) is 56.7 Å². The maximum absolute atomic E-state index is 12.6. The monoisotopic (exact) mass is 812 g/mol. The Morgan fingerprint density at radius 3 is 1.75 bits per heavy atom. The third-order valence-electron chi connectivity index (χ3n) is 6.76. The molecule has 5 nitrogen and oxygen atoms in total. The van der Waals surface area contributed by atoms with Gasteiger partial charge in [0, 0.05) is 64.7 Å². The molecular weight excluding hydrogens is 782 g/mol. The third-order valence-corrected chi connectivity index (χ3v) is 10.9. The molecule has 0 amide bonds. The van der Waals surface area contributed by atoms with Crippen LogP contribution in [0.25, 0.3) is 0 Å². The van der Waals surface area contributed by atoms with Gasteiger partial charge >= 0.3 is 0 Å². The van der Waals surface area contributed by atoms with Crippen molar-refractivity contribution in [1.29, 1.82) is 0 Å². The topological polar surface area (TPSA) is 85.3 Å². The first-order valence-corrected chi connectivity index (χ1v) is 14.8. The van der Waals surface area contributed by atoms with Crippen LogP contribution in [0.15, 0.2) is 92.4 Å². The van der Waals surface area contributed by atoms with Gasteiger partial charge < -0.3 is 0 Å². The standard InChI is InChI=1S/C15H12O3S.C15H14O2S.CH4.Hg.Zn/c1-9-7-10(2)15-12(8-9)14(16)11-5-3-4-6-13(11)19(15,17)18;1-10-7-11(2)15-13(8-10)9-12-5-3-4-6-14(12)18(15,16)17;;;/h3-8H,1-2H3;3-8H,9H2,1-2H3;1H4;;. The van der Waals surface area contributed by atoms with Crippen LogP contribution in [0.2, 0.25) is 0 Å². The number of ketones is 1. The number of carbonyl (C=O) groups is 1. The van der Waals surface area contributed by atoms with Crippen molar-refractivity contribution in [3.8, 4) is 0 Å². The number of benzene rings is 4. The minimum absolute atomic E-state index is 0. The van der Waals surface area contributed by atoms with Crippen molar-refractivity contribution in [1.82, 2.24) is 0 Å². The number of fused-ring (bicyclic) bond motifs is 4. The van der Waals surface area contributed by atoms with Gasteiger partial charge in [-0.2, -0.15) is 0 Å². The van der Waals surface area contributed by atoms with Crippen molar-refractivity contribution < 1.29 is 68.8 Å². The number of hydrogen-bond donors (Lipinski definition) is 0. The smallest absolute Gasteiger partial charge is 0.208 e. The van der Waals surface area contributed by atoms with Crippen molar-refractivity contribution in [3.63, 3.8) is 0 Å². The first-order chi connectivity index (χ1) is 17.4. The molecule has 0 atom stereocenters. The fourth-order valence-electron chi connectivity index (χ4n) is 5.41. The van der Waals surface area contributed by atoms with Crippen molar-refractivity contribution in [2.75, 3.05) is 0 Å². The van der Waals surface area contributed by atoms with Crippen LogP contribution in [0.5, 0.6) is 0 Å². The maximum atomic E-state index is 12.6. The van der Waals surface area contributed by atoms with Gasteiger partial charge in [0.05, 0.1) is 19.6 Å². The molecule has 4 aromatic carbocycles. The van der Waals surface area contributed by atoms with Gasteiger partial charge in [-0.05, 0) is 74.2 Å². The van der Waals surface area contributed by atoms with Gasteiger partial charge in [0.15, 0.2) is 5.78 Å². The molecule has 0 saturated heterocycles. The van der Waals surface area contributed by atoms with Crippen LogP contribution in [0, 0.1) is 27.7 Å². The quantitative estimate of drug-likeness (QED) is 0.167. The number of carbonyl (C=O) groups excluding carboxylic acids is 1. The summed E-state index contributed by atoms with van der Waals surface area (Å²) >= 11 is 0. The molecule has 0 aliphatic carbocycles. The zero-order valence-corrected chi connectivity index (χ0v) is 32.5. The molecular formula is C31H30HgO5S2Zn. The normalized spacial score (nSPS) is 14.7. The molecule has 0 saturated carbocycles. The van der Waals surface area contributed by atoms with E-state index in [9.17, 15) is 21.6 Å². The predicted molar refractivity (Wildman–Crippen MR) is 149 cm³/mol. The Morgan fingerprint density at radius 2 is 1.10 bits per heavy atom. The van der Waals surface area contributed by atoms with Gasteiger partial charge in [-0.15, -0.1) is 0 Å². The van der Waals surface area contributed by atoms with E-state index < -0.39 is 19.7 Å². The fourth-order valence-corrected chi connectivity index (χ4v) is 9.18. The Balaban J connectivity index is 0.000000261.